The quantitative estimate of drug-likeness (QED) is 0.605. The third-order valence-corrected chi connectivity index (χ3v) is 3.83. The molecule has 22 heavy (non-hydrogen) atoms. The van der Waals surface area contributed by atoms with E-state index in [-0.39, 0.29) is 0 Å². The minimum Gasteiger partial charge on any atom is -0.497 e. The van der Waals surface area contributed by atoms with E-state index in [4.69, 9.17) is 4.74 Å². The molecule has 0 saturated carbocycles. The monoisotopic (exact) mass is 354 g/mol. The molecule has 0 radical (unpaired) electrons. The molecule has 3 aromatic rings. The molecule has 0 saturated heterocycles. The fourth-order valence-electron chi connectivity index (χ4n) is 2.15. The van der Waals surface area contributed by atoms with Crippen molar-refractivity contribution in [2.24, 2.45) is 4.99 Å². The molecule has 0 spiro atoms. The molecule has 0 aliphatic carbocycles. The van der Waals surface area contributed by atoms with Crippen LogP contribution in [0.1, 0.15) is 5.69 Å². The first-order valence-electron chi connectivity index (χ1n) is 6.88. The Kier molecular flexibility index (Phi) is 4.39. The maximum absolute atomic E-state index is 5.19. The van der Waals surface area contributed by atoms with Gasteiger partial charge in [0.05, 0.1) is 24.7 Å². The summed E-state index contributed by atoms with van der Waals surface area (Å²) >= 11 is 3.42. The van der Waals surface area contributed by atoms with E-state index in [1.54, 1.807) is 7.11 Å². The largest absolute Gasteiger partial charge is 0.497 e. The Morgan fingerprint density at radius 2 is 1.73 bits per heavy atom. The second-order valence-corrected chi connectivity index (χ2v) is 5.65. The molecule has 0 atom stereocenters. The van der Waals surface area contributed by atoms with Crippen molar-refractivity contribution < 1.29 is 4.74 Å². The molecule has 0 aliphatic rings. The lowest BCUT2D eigenvalue weighted by Crippen LogP contribution is -1.97. The van der Waals surface area contributed by atoms with Gasteiger partial charge in [0.15, 0.2) is 0 Å². The van der Waals surface area contributed by atoms with Gasteiger partial charge in [0.25, 0.3) is 0 Å². The number of aromatic nitrogens is 1. The zero-order valence-corrected chi connectivity index (χ0v) is 13.7. The fraction of sp³-hybridized carbons (Fsp3) is 0.0556. The van der Waals surface area contributed by atoms with Gasteiger partial charge in [-0.2, -0.15) is 0 Å². The number of ether oxygens (including phenoxy) is 1. The number of nitrogens with zero attached hydrogens (tertiary/aromatic N) is 2. The topological polar surface area (TPSA) is 26.5 Å². The molecule has 1 heterocycles. The van der Waals surface area contributed by atoms with Gasteiger partial charge in [-0.25, -0.2) is 0 Å². The van der Waals surface area contributed by atoms with Crippen LogP contribution in [-0.2, 0) is 0 Å². The lowest BCUT2D eigenvalue weighted by Gasteiger charge is -2.07. The first kappa shape index (κ1) is 14.6. The molecule has 3 rings (SSSR count). The lowest BCUT2D eigenvalue weighted by molar-refractivity contribution is 0.415. The Bertz CT molecular complexity index is 774. The van der Waals surface area contributed by atoms with Gasteiger partial charge in [-0.3, -0.25) is 4.99 Å². The van der Waals surface area contributed by atoms with Gasteiger partial charge in [-0.15, -0.1) is 0 Å². The van der Waals surface area contributed by atoms with Crippen molar-refractivity contribution in [1.82, 2.24) is 4.57 Å². The average molecular weight is 355 g/mol. The van der Waals surface area contributed by atoms with E-state index in [1.165, 1.54) is 0 Å². The predicted octanol–water partition coefficient (Wildman–Crippen LogP) is 5.00. The standard InChI is InChI=1S/C18H15BrN2O/c1-22-18-10-8-16(9-11-18)21-12-2-3-17(21)13-20-15-6-4-14(19)5-7-15/h2-13H,1H3. The summed E-state index contributed by atoms with van der Waals surface area (Å²) in [7, 11) is 1.67. The summed E-state index contributed by atoms with van der Waals surface area (Å²) in [5.74, 6) is 0.848. The fourth-order valence-corrected chi connectivity index (χ4v) is 2.41. The van der Waals surface area contributed by atoms with Crippen molar-refractivity contribution in [3.05, 3.63) is 77.0 Å². The minimum atomic E-state index is 0.848. The van der Waals surface area contributed by atoms with Crippen LogP contribution in [0.2, 0.25) is 0 Å². The van der Waals surface area contributed by atoms with Crippen LogP contribution in [-0.4, -0.2) is 17.9 Å². The highest BCUT2D eigenvalue weighted by Crippen LogP contribution is 2.19. The number of rotatable bonds is 4. The Morgan fingerprint density at radius 1 is 1.00 bits per heavy atom. The summed E-state index contributed by atoms with van der Waals surface area (Å²) < 4.78 is 8.33. The van der Waals surface area contributed by atoms with Gasteiger partial charge in [0, 0.05) is 16.4 Å². The first-order valence-corrected chi connectivity index (χ1v) is 7.67. The predicted molar refractivity (Wildman–Crippen MR) is 93.7 cm³/mol. The molecule has 110 valence electrons. The number of hydrogen-bond donors (Lipinski definition) is 0. The average Bonchev–Trinajstić information content (AvgIpc) is 3.03. The second kappa shape index (κ2) is 6.62. The van der Waals surface area contributed by atoms with E-state index in [0.717, 1.165) is 27.3 Å². The third kappa shape index (κ3) is 3.28. The van der Waals surface area contributed by atoms with Gasteiger partial charge in [0.1, 0.15) is 5.75 Å². The van der Waals surface area contributed by atoms with E-state index < -0.39 is 0 Å². The van der Waals surface area contributed by atoms with Gasteiger partial charge in [-0.1, -0.05) is 15.9 Å². The lowest BCUT2D eigenvalue weighted by atomic mass is 10.3. The number of aliphatic imine (C=N–C) groups is 1. The molecule has 0 aliphatic heterocycles. The second-order valence-electron chi connectivity index (χ2n) is 4.74. The summed E-state index contributed by atoms with van der Waals surface area (Å²) in [6.07, 6.45) is 3.89. The van der Waals surface area contributed by atoms with Crippen molar-refractivity contribution >= 4 is 27.8 Å². The molecule has 0 amide bonds. The van der Waals surface area contributed by atoms with Crippen molar-refractivity contribution in [1.29, 1.82) is 0 Å². The maximum atomic E-state index is 5.19. The summed E-state index contributed by atoms with van der Waals surface area (Å²) in [6, 6.07) is 19.9. The Balaban J connectivity index is 1.86. The highest BCUT2D eigenvalue weighted by molar-refractivity contribution is 9.10. The van der Waals surface area contributed by atoms with Crippen molar-refractivity contribution in [3.63, 3.8) is 0 Å². The zero-order valence-electron chi connectivity index (χ0n) is 12.1. The molecule has 1 aromatic heterocycles. The number of hydrogen-bond acceptors (Lipinski definition) is 2. The Hall–Kier alpha value is -2.33. The van der Waals surface area contributed by atoms with Gasteiger partial charge in [0.2, 0.25) is 0 Å². The van der Waals surface area contributed by atoms with Crippen LogP contribution in [0.4, 0.5) is 5.69 Å². The molecule has 0 bridgehead atoms. The van der Waals surface area contributed by atoms with Gasteiger partial charge < -0.3 is 9.30 Å². The van der Waals surface area contributed by atoms with Crippen LogP contribution in [0.15, 0.2) is 76.3 Å². The van der Waals surface area contributed by atoms with E-state index in [0.29, 0.717) is 0 Å². The molecule has 2 aromatic carbocycles. The molecule has 0 fully saturated rings. The van der Waals surface area contributed by atoms with Crippen LogP contribution in [0.3, 0.4) is 0 Å². The molecule has 4 heteroatoms. The normalized spacial score (nSPS) is 11.0. The highest BCUT2D eigenvalue weighted by atomic mass is 79.9. The summed E-state index contributed by atoms with van der Waals surface area (Å²) in [5.41, 5.74) is 3.02. The van der Waals surface area contributed by atoms with Crippen molar-refractivity contribution in [3.8, 4) is 11.4 Å². The summed E-state index contributed by atoms with van der Waals surface area (Å²) in [4.78, 5) is 4.52. The van der Waals surface area contributed by atoms with E-state index in [1.807, 2.05) is 73.1 Å². The van der Waals surface area contributed by atoms with Crippen LogP contribution < -0.4 is 4.74 Å². The zero-order chi connectivity index (χ0) is 15.4. The van der Waals surface area contributed by atoms with Crippen LogP contribution in [0, 0.1) is 0 Å². The smallest absolute Gasteiger partial charge is 0.119 e. The minimum absolute atomic E-state index is 0.848. The number of methoxy groups -OCH3 is 1. The van der Waals surface area contributed by atoms with Gasteiger partial charge in [-0.05, 0) is 60.7 Å². The van der Waals surface area contributed by atoms with E-state index >= 15 is 0 Å². The van der Waals surface area contributed by atoms with Crippen molar-refractivity contribution in [2.45, 2.75) is 0 Å². The molecular formula is C18H15BrN2O. The SMILES string of the molecule is COc1ccc(-n2cccc2C=Nc2ccc(Br)cc2)cc1. The van der Waals surface area contributed by atoms with E-state index in [9.17, 15) is 0 Å². The van der Waals surface area contributed by atoms with Crippen LogP contribution >= 0.6 is 15.9 Å². The molecular weight excluding hydrogens is 340 g/mol. The maximum Gasteiger partial charge on any atom is 0.119 e. The molecule has 0 N–H and O–H groups in total. The highest BCUT2D eigenvalue weighted by Gasteiger charge is 2.01. The summed E-state index contributed by atoms with van der Waals surface area (Å²) in [5, 5.41) is 0. The third-order valence-electron chi connectivity index (χ3n) is 3.30. The number of benzene rings is 2. The molecule has 0 unspecified atom stereocenters. The number of halogens is 1. The molecule has 3 nitrogen and oxygen atoms in total. The Morgan fingerprint density at radius 3 is 2.41 bits per heavy atom. The van der Waals surface area contributed by atoms with Crippen LogP contribution in [0.5, 0.6) is 5.75 Å². The van der Waals surface area contributed by atoms with Crippen LogP contribution in [0.25, 0.3) is 5.69 Å². The van der Waals surface area contributed by atoms with E-state index in [2.05, 4.69) is 25.5 Å². The Labute approximate surface area is 138 Å². The van der Waals surface area contributed by atoms with Crippen molar-refractivity contribution in [2.75, 3.05) is 7.11 Å². The van der Waals surface area contributed by atoms with Gasteiger partial charge >= 0.3 is 0 Å². The summed E-state index contributed by atoms with van der Waals surface area (Å²) in [6.45, 7) is 0. The first-order chi connectivity index (χ1) is 10.8.